The summed E-state index contributed by atoms with van der Waals surface area (Å²) >= 11 is 0. The van der Waals surface area contributed by atoms with Gasteiger partial charge < -0.3 is 10.0 Å². The van der Waals surface area contributed by atoms with Gasteiger partial charge in [-0.3, -0.25) is 4.98 Å². The van der Waals surface area contributed by atoms with Crippen molar-refractivity contribution < 1.29 is 5.11 Å². The third-order valence-corrected chi connectivity index (χ3v) is 3.54. The Bertz CT molecular complexity index is 328. The predicted octanol–water partition coefficient (Wildman–Crippen LogP) is 1.72. The lowest BCUT2D eigenvalue weighted by atomic mass is 9.89. The number of rotatable bonds is 4. The average molecular weight is 234 g/mol. The molecule has 0 amide bonds. The van der Waals surface area contributed by atoms with Gasteiger partial charge in [0.25, 0.3) is 0 Å². The molecule has 1 aromatic rings. The molecule has 1 aliphatic rings. The van der Waals surface area contributed by atoms with Crippen molar-refractivity contribution in [3.63, 3.8) is 0 Å². The molecule has 2 heterocycles. The normalized spacial score (nSPS) is 26.0. The molecule has 1 aromatic heterocycles. The first kappa shape index (κ1) is 12.5. The van der Waals surface area contributed by atoms with Crippen molar-refractivity contribution in [3.05, 3.63) is 30.1 Å². The molecule has 2 atom stereocenters. The Hall–Kier alpha value is -0.930. The fraction of sp³-hybridized carbons (Fsp3) is 0.643. The van der Waals surface area contributed by atoms with Gasteiger partial charge in [0.15, 0.2) is 0 Å². The maximum absolute atomic E-state index is 10.1. The highest BCUT2D eigenvalue weighted by Crippen LogP contribution is 2.21. The first-order valence-electron chi connectivity index (χ1n) is 6.59. The largest absolute Gasteiger partial charge is 0.393 e. The van der Waals surface area contributed by atoms with Gasteiger partial charge in [0.05, 0.1) is 6.10 Å². The van der Waals surface area contributed by atoms with Gasteiger partial charge in [-0.1, -0.05) is 13.0 Å². The molecular weight excluding hydrogens is 212 g/mol. The number of aliphatic hydroxyl groups excluding tert-OH is 1. The topological polar surface area (TPSA) is 36.4 Å². The highest BCUT2D eigenvalue weighted by molar-refractivity contribution is 5.10. The van der Waals surface area contributed by atoms with Crippen LogP contribution < -0.4 is 0 Å². The SMILES string of the molecule is CCCN1CCC(O)C(Cc2cccnc2)C1. The van der Waals surface area contributed by atoms with Crippen LogP contribution in [0.3, 0.4) is 0 Å². The Morgan fingerprint density at radius 1 is 1.53 bits per heavy atom. The van der Waals surface area contributed by atoms with E-state index in [0.717, 1.165) is 32.5 Å². The molecule has 1 N–H and O–H groups in total. The molecular formula is C14H22N2O. The average Bonchev–Trinajstić information content (AvgIpc) is 2.35. The van der Waals surface area contributed by atoms with E-state index in [-0.39, 0.29) is 6.10 Å². The summed E-state index contributed by atoms with van der Waals surface area (Å²) < 4.78 is 0. The molecule has 2 rings (SSSR count). The number of hydrogen-bond donors (Lipinski definition) is 1. The number of hydrogen-bond acceptors (Lipinski definition) is 3. The summed E-state index contributed by atoms with van der Waals surface area (Å²) in [6, 6.07) is 4.06. The minimum absolute atomic E-state index is 0.150. The summed E-state index contributed by atoms with van der Waals surface area (Å²) in [6.45, 7) is 5.42. The van der Waals surface area contributed by atoms with Crippen molar-refractivity contribution >= 4 is 0 Å². The lowest BCUT2D eigenvalue weighted by Crippen LogP contribution is -2.44. The minimum atomic E-state index is -0.150. The van der Waals surface area contributed by atoms with Gasteiger partial charge in [-0.2, -0.15) is 0 Å². The van der Waals surface area contributed by atoms with Crippen LogP contribution in [0.1, 0.15) is 25.3 Å². The van der Waals surface area contributed by atoms with Crippen LogP contribution in [0.5, 0.6) is 0 Å². The Labute approximate surface area is 103 Å². The lowest BCUT2D eigenvalue weighted by molar-refractivity contribution is 0.0270. The number of aromatic nitrogens is 1. The van der Waals surface area contributed by atoms with Gasteiger partial charge in [-0.15, -0.1) is 0 Å². The number of pyridine rings is 1. The van der Waals surface area contributed by atoms with Gasteiger partial charge >= 0.3 is 0 Å². The molecule has 1 saturated heterocycles. The zero-order valence-corrected chi connectivity index (χ0v) is 10.5. The van der Waals surface area contributed by atoms with E-state index < -0.39 is 0 Å². The zero-order chi connectivity index (χ0) is 12.1. The number of piperidine rings is 1. The monoisotopic (exact) mass is 234 g/mol. The molecule has 0 aromatic carbocycles. The van der Waals surface area contributed by atoms with E-state index in [1.807, 2.05) is 12.3 Å². The third-order valence-electron chi connectivity index (χ3n) is 3.54. The van der Waals surface area contributed by atoms with Crippen molar-refractivity contribution in [2.75, 3.05) is 19.6 Å². The number of nitrogens with zero attached hydrogens (tertiary/aromatic N) is 2. The Balaban J connectivity index is 1.94. The number of aliphatic hydroxyl groups is 1. The van der Waals surface area contributed by atoms with E-state index in [9.17, 15) is 5.11 Å². The molecule has 0 aliphatic carbocycles. The first-order chi connectivity index (χ1) is 8.29. The van der Waals surface area contributed by atoms with Crippen LogP contribution in [-0.4, -0.2) is 40.7 Å². The van der Waals surface area contributed by atoms with Gasteiger partial charge in [-0.25, -0.2) is 0 Å². The molecule has 0 radical (unpaired) electrons. The maximum atomic E-state index is 10.1. The van der Waals surface area contributed by atoms with E-state index in [4.69, 9.17) is 0 Å². The van der Waals surface area contributed by atoms with E-state index in [1.54, 1.807) is 6.20 Å². The second-order valence-corrected chi connectivity index (χ2v) is 4.98. The maximum Gasteiger partial charge on any atom is 0.0596 e. The molecule has 3 nitrogen and oxygen atoms in total. The summed E-state index contributed by atoms with van der Waals surface area (Å²) in [4.78, 5) is 6.60. The number of likely N-dealkylation sites (tertiary alicyclic amines) is 1. The Morgan fingerprint density at radius 2 is 2.41 bits per heavy atom. The smallest absolute Gasteiger partial charge is 0.0596 e. The van der Waals surface area contributed by atoms with E-state index in [0.29, 0.717) is 5.92 Å². The highest BCUT2D eigenvalue weighted by atomic mass is 16.3. The molecule has 3 heteroatoms. The Kier molecular flexibility index (Phi) is 4.51. The fourth-order valence-electron chi connectivity index (χ4n) is 2.64. The van der Waals surface area contributed by atoms with Gasteiger partial charge in [0.1, 0.15) is 0 Å². The van der Waals surface area contributed by atoms with Crippen LogP contribution in [0.25, 0.3) is 0 Å². The predicted molar refractivity (Wildman–Crippen MR) is 68.8 cm³/mol. The summed E-state index contributed by atoms with van der Waals surface area (Å²) in [7, 11) is 0. The van der Waals surface area contributed by atoms with E-state index in [2.05, 4.69) is 22.9 Å². The molecule has 2 unspecified atom stereocenters. The van der Waals surface area contributed by atoms with Crippen molar-refractivity contribution in [1.82, 2.24) is 9.88 Å². The van der Waals surface area contributed by atoms with Crippen molar-refractivity contribution in [2.45, 2.75) is 32.3 Å². The summed E-state index contributed by atoms with van der Waals surface area (Å²) in [5, 5.41) is 10.1. The van der Waals surface area contributed by atoms with Crippen LogP contribution in [0, 0.1) is 5.92 Å². The molecule has 0 spiro atoms. The third kappa shape index (κ3) is 3.51. The Morgan fingerprint density at radius 3 is 3.12 bits per heavy atom. The van der Waals surface area contributed by atoms with Gasteiger partial charge in [-0.05, 0) is 37.4 Å². The van der Waals surface area contributed by atoms with Gasteiger partial charge in [0.2, 0.25) is 0 Å². The fourth-order valence-corrected chi connectivity index (χ4v) is 2.64. The van der Waals surface area contributed by atoms with Gasteiger partial charge in [0, 0.05) is 31.4 Å². The van der Waals surface area contributed by atoms with E-state index in [1.165, 1.54) is 12.0 Å². The molecule has 94 valence electrons. The lowest BCUT2D eigenvalue weighted by Gasteiger charge is -2.36. The highest BCUT2D eigenvalue weighted by Gasteiger charge is 2.27. The summed E-state index contributed by atoms with van der Waals surface area (Å²) in [6.07, 6.45) is 6.59. The van der Waals surface area contributed by atoms with Crippen LogP contribution in [0.2, 0.25) is 0 Å². The molecule has 1 aliphatic heterocycles. The van der Waals surface area contributed by atoms with Crippen molar-refractivity contribution in [1.29, 1.82) is 0 Å². The second-order valence-electron chi connectivity index (χ2n) is 4.98. The molecule has 1 fully saturated rings. The standard InChI is InChI=1S/C14H22N2O/c1-2-7-16-8-5-14(17)13(11-16)9-12-4-3-6-15-10-12/h3-4,6,10,13-14,17H,2,5,7-9,11H2,1H3. The molecule has 0 saturated carbocycles. The quantitative estimate of drug-likeness (QED) is 0.861. The van der Waals surface area contributed by atoms with E-state index >= 15 is 0 Å². The minimum Gasteiger partial charge on any atom is -0.393 e. The molecule has 0 bridgehead atoms. The van der Waals surface area contributed by atoms with Crippen LogP contribution >= 0.6 is 0 Å². The summed E-state index contributed by atoms with van der Waals surface area (Å²) in [5.74, 6) is 0.361. The van der Waals surface area contributed by atoms with Crippen LogP contribution in [0.4, 0.5) is 0 Å². The first-order valence-corrected chi connectivity index (χ1v) is 6.59. The van der Waals surface area contributed by atoms with Crippen molar-refractivity contribution in [2.24, 2.45) is 5.92 Å². The molecule has 17 heavy (non-hydrogen) atoms. The zero-order valence-electron chi connectivity index (χ0n) is 10.5. The second kappa shape index (κ2) is 6.12. The van der Waals surface area contributed by atoms with Crippen molar-refractivity contribution in [3.8, 4) is 0 Å². The van der Waals surface area contributed by atoms with Crippen LogP contribution in [-0.2, 0) is 6.42 Å². The van der Waals surface area contributed by atoms with Crippen LogP contribution in [0.15, 0.2) is 24.5 Å². The summed E-state index contributed by atoms with van der Waals surface area (Å²) in [5.41, 5.74) is 1.23.